The van der Waals surface area contributed by atoms with E-state index in [0.717, 1.165) is 13.0 Å². The van der Waals surface area contributed by atoms with E-state index >= 15 is 0 Å². The van der Waals surface area contributed by atoms with Gasteiger partial charge in [0.25, 0.3) is 0 Å². The zero-order valence-corrected chi connectivity index (χ0v) is 24.7. The standard InChI is InChI=1S/C27H56O3Si2/c1-10-13-14-15-16-17-18-19-20-21-22-23-24-28-31(8,11-2)30-32(9,12-3)29-27(25(4)5)26(6)7/h11-12,25-27H,2-3,10,13-24H2,1,4-9H3. The third kappa shape index (κ3) is 14.8. The van der Waals surface area contributed by atoms with E-state index in [2.05, 4.69) is 60.9 Å². The summed E-state index contributed by atoms with van der Waals surface area (Å²) in [6.45, 7) is 24.1. The lowest BCUT2D eigenvalue weighted by molar-refractivity contribution is 0.0718. The van der Waals surface area contributed by atoms with Crippen LogP contribution in [0.15, 0.2) is 24.6 Å². The van der Waals surface area contributed by atoms with Crippen LogP contribution in [0.3, 0.4) is 0 Å². The summed E-state index contributed by atoms with van der Waals surface area (Å²) in [4.78, 5) is 0. The molecule has 0 aromatic heterocycles. The van der Waals surface area contributed by atoms with Crippen LogP contribution >= 0.6 is 0 Å². The van der Waals surface area contributed by atoms with Crippen LogP contribution < -0.4 is 0 Å². The molecule has 0 aliphatic heterocycles. The molecule has 0 saturated carbocycles. The molecule has 0 bridgehead atoms. The maximum atomic E-state index is 6.56. The molecule has 0 radical (unpaired) electrons. The van der Waals surface area contributed by atoms with Gasteiger partial charge in [0, 0.05) is 6.61 Å². The second-order valence-electron chi connectivity index (χ2n) is 10.4. The van der Waals surface area contributed by atoms with Crippen molar-refractivity contribution >= 4 is 17.1 Å². The Balaban J connectivity index is 4.20. The molecule has 0 aromatic rings. The SMILES string of the molecule is C=C[Si](C)(OCCCCCCCCCCCCCC)O[Si](C)(C=C)OC(C(C)C)C(C)C. The summed E-state index contributed by atoms with van der Waals surface area (Å²) < 4.78 is 19.4. The molecule has 2 atom stereocenters. The lowest BCUT2D eigenvalue weighted by Crippen LogP contribution is -2.53. The van der Waals surface area contributed by atoms with Gasteiger partial charge in [-0.15, -0.1) is 13.2 Å². The van der Waals surface area contributed by atoms with Gasteiger partial charge in [-0.25, -0.2) is 0 Å². The summed E-state index contributed by atoms with van der Waals surface area (Å²) in [6.07, 6.45) is 16.3. The van der Waals surface area contributed by atoms with Gasteiger partial charge in [0.15, 0.2) is 0 Å². The minimum Gasteiger partial charge on any atom is -0.409 e. The Kier molecular flexibility index (Phi) is 18.0. The highest BCUT2D eigenvalue weighted by molar-refractivity contribution is 6.84. The minimum absolute atomic E-state index is 0.157. The first-order chi connectivity index (χ1) is 15.1. The van der Waals surface area contributed by atoms with Crippen molar-refractivity contribution in [2.75, 3.05) is 6.61 Å². The van der Waals surface area contributed by atoms with Crippen LogP contribution in [0.2, 0.25) is 13.1 Å². The molecule has 3 nitrogen and oxygen atoms in total. The van der Waals surface area contributed by atoms with Gasteiger partial charge in [0.2, 0.25) is 0 Å². The average molecular weight is 485 g/mol. The fourth-order valence-corrected chi connectivity index (χ4v) is 10.3. The zero-order chi connectivity index (χ0) is 24.5. The van der Waals surface area contributed by atoms with E-state index in [9.17, 15) is 0 Å². The highest BCUT2D eigenvalue weighted by atomic mass is 28.5. The lowest BCUT2D eigenvalue weighted by atomic mass is 9.97. The molecule has 190 valence electrons. The third-order valence-corrected chi connectivity index (χ3v) is 12.5. The highest BCUT2D eigenvalue weighted by Crippen LogP contribution is 2.26. The van der Waals surface area contributed by atoms with Gasteiger partial charge in [-0.1, -0.05) is 117 Å². The van der Waals surface area contributed by atoms with E-state index in [1.807, 2.05) is 11.4 Å². The largest absolute Gasteiger partial charge is 0.409 e. The first-order valence-corrected chi connectivity index (χ1v) is 18.2. The quantitative estimate of drug-likeness (QED) is 0.113. The van der Waals surface area contributed by atoms with Crippen molar-refractivity contribution in [3.05, 3.63) is 24.6 Å². The molecule has 0 aromatic carbocycles. The molecule has 0 aliphatic rings. The van der Waals surface area contributed by atoms with Gasteiger partial charge < -0.3 is 13.0 Å². The van der Waals surface area contributed by atoms with Crippen LogP contribution in [0.1, 0.15) is 112 Å². The number of unbranched alkanes of at least 4 members (excludes halogenated alkanes) is 11. The van der Waals surface area contributed by atoms with E-state index < -0.39 is 17.1 Å². The van der Waals surface area contributed by atoms with Crippen molar-refractivity contribution in [2.24, 2.45) is 11.8 Å². The second kappa shape index (κ2) is 18.2. The van der Waals surface area contributed by atoms with Gasteiger partial charge in [0.1, 0.15) is 0 Å². The Hall–Kier alpha value is -0.206. The zero-order valence-electron chi connectivity index (χ0n) is 22.7. The molecule has 0 saturated heterocycles. The molecule has 0 N–H and O–H groups in total. The van der Waals surface area contributed by atoms with E-state index in [-0.39, 0.29) is 6.10 Å². The van der Waals surface area contributed by atoms with Gasteiger partial charge in [-0.2, -0.15) is 0 Å². The summed E-state index contributed by atoms with van der Waals surface area (Å²) in [5.74, 6) is 0.869. The molecule has 0 amide bonds. The summed E-state index contributed by atoms with van der Waals surface area (Å²) in [5, 5.41) is 0. The lowest BCUT2D eigenvalue weighted by Gasteiger charge is -2.38. The molecule has 0 spiro atoms. The first-order valence-electron chi connectivity index (χ1n) is 13.4. The van der Waals surface area contributed by atoms with Gasteiger partial charge in [0.05, 0.1) is 6.10 Å². The number of hydrogen-bond donors (Lipinski definition) is 0. The highest BCUT2D eigenvalue weighted by Gasteiger charge is 2.42. The van der Waals surface area contributed by atoms with E-state index in [1.54, 1.807) is 0 Å². The van der Waals surface area contributed by atoms with Crippen molar-refractivity contribution in [3.63, 3.8) is 0 Å². The molecular formula is C27H56O3Si2. The molecule has 2 unspecified atom stereocenters. The maximum Gasteiger partial charge on any atom is 0.352 e. The normalized spacial score (nSPS) is 15.8. The van der Waals surface area contributed by atoms with Gasteiger partial charge in [-0.3, -0.25) is 0 Å². The maximum absolute atomic E-state index is 6.56. The van der Waals surface area contributed by atoms with E-state index in [0.29, 0.717) is 11.8 Å². The molecule has 0 heterocycles. The van der Waals surface area contributed by atoms with Crippen molar-refractivity contribution in [3.8, 4) is 0 Å². The minimum atomic E-state index is -2.54. The molecule has 0 rings (SSSR count). The van der Waals surface area contributed by atoms with Crippen molar-refractivity contribution in [2.45, 2.75) is 131 Å². The molecule has 0 fully saturated rings. The van der Waals surface area contributed by atoms with Crippen LogP contribution in [0.5, 0.6) is 0 Å². The monoisotopic (exact) mass is 484 g/mol. The molecule has 32 heavy (non-hydrogen) atoms. The fourth-order valence-electron chi connectivity index (χ4n) is 4.18. The Morgan fingerprint density at radius 2 is 1.06 bits per heavy atom. The summed E-state index contributed by atoms with van der Waals surface area (Å²) >= 11 is 0. The Morgan fingerprint density at radius 3 is 1.44 bits per heavy atom. The van der Waals surface area contributed by atoms with Crippen molar-refractivity contribution in [1.29, 1.82) is 0 Å². The Morgan fingerprint density at radius 1 is 0.656 bits per heavy atom. The Labute approximate surface area is 203 Å². The predicted molar refractivity (Wildman–Crippen MR) is 146 cm³/mol. The van der Waals surface area contributed by atoms with E-state index in [4.69, 9.17) is 13.0 Å². The van der Waals surface area contributed by atoms with Crippen LogP contribution in [0.4, 0.5) is 0 Å². The Bertz CT molecular complexity index is 476. The van der Waals surface area contributed by atoms with Gasteiger partial charge >= 0.3 is 17.1 Å². The summed E-state index contributed by atoms with van der Waals surface area (Å²) in [5.41, 5.74) is 3.79. The summed E-state index contributed by atoms with van der Waals surface area (Å²) in [6, 6.07) is 0. The summed E-state index contributed by atoms with van der Waals surface area (Å²) in [7, 11) is -5.03. The third-order valence-electron chi connectivity index (χ3n) is 6.22. The van der Waals surface area contributed by atoms with E-state index in [1.165, 1.54) is 70.6 Å². The topological polar surface area (TPSA) is 27.7 Å². The molecule has 5 heteroatoms. The van der Waals surface area contributed by atoms with Crippen LogP contribution in [-0.4, -0.2) is 29.8 Å². The fraction of sp³-hybridized carbons (Fsp3) is 0.852. The first kappa shape index (κ1) is 31.8. The predicted octanol–water partition coefficient (Wildman–Crippen LogP) is 9.01. The second-order valence-corrected chi connectivity index (χ2v) is 16.6. The van der Waals surface area contributed by atoms with Crippen LogP contribution in [0.25, 0.3) is 0 Å². The smallest absolute Gasteiger partial charge is 0.352 e. The number of hydrogen-bond acceptors (Lipinski definition) is 3. The average Bonchev–Trinajstić information content (AvgIpc) is 2.75. The van der Waals surface area contributed by atoms with Crippen molar-refractivity contribution < 1.29 is 13.0 Å². The number of rotatable bonds is 22. The van der Waals surface area contributed by atoms with Gasteiger partial charge in [-0.05, 0) is 31.4 Å². The van der Waals surface area contributed by atoms with Crippen LogP contribution in [0, 0.1) is 11.8 Å². The molecule has 0 aliphatic carbocycles. The molecular weight excluding hydrogens is 428 g/mol. The van der Waals surface area contributed by atoms with Crippen LogP contribution in [-0.2, 0) is 13.0 Å². The van der Waals surface area contributed by atoms with Crippen molar-refractivity contribution in [1.82, 2.24) is 0 Å².